The van der Waals surface area contributed by atoms with Gasteiger partial charge < -0.3 is 5.73 Å². The van der Waals surface area contributed by atoms with Gasteiger partial charge in [0.2, 0.25) is 0 Å². The van der Waals surface area contributed by atoms with E-state index in [4.69, 9.17) is 5.73 Å². The number of hydrogen-bond donors (Lipinski definition) is 1. The zero-order valence-corrected chi connectivity index (χ0v) is 8.75. The number of rotatable bonds is 2. The summed E-state index contributed by atoms with van der Waals surface area (Å²) in [6.07, 6.45) is -4.28. The Kier molecular flexibility index (Phi) is 3.21. The molecule has 0 bridgehead atoms. The summed E-state index contributed by atoms with van der Waals surface area (Å²) >= 11 is 0.697. The van der Waals surface area contributed by atoms with Crippen molar-refractivity contribution in [1.29, 1.82) is 0 Å². The van der Waals surface area contributed by atoms with Gasteiger partial charge in [-0.05, 0) is 22.9 Å². The van der Waals surface area contributed by atoms with Gasteiger partial charge in [-0.15, -0.1) is 11.3 Å². The molecule has 0 aromatic carbocycles. The van der Waals surface area contributed by atoms with Crippen molar-refractivity contribution in [2.45, 2.75) is 26.1 Å². The molecule has 0 aliphatic carbocycles. The molecule has 0 saturated carbocycles. The first kappa shape index (κ1) is 11.5. The van der Waals surface area contributed by atoms with E-state index in [1.807, 2.05) is 13.8 Å². The van der Waals surface area contributed by atoms with Crippen LogP contribution in [0.15, 0.2) is 11.4 Å². The molecule has 1 atom stereocenters. The molecule has 1 rings (SSSR count). The predicted molar refractivity (Wildman–Crippen MR) is 51.1 cm³/mol. The van der Waals surface area contributed by atoms with Crippen molar-refractivity contribution >= 4 is 11.3 Å². The van der Waals surface area contributed by atoms with E-state index in [2.05, 4.69) is 0 Å². The van der Waals surface area contributed by atoms with Gasteiger partial charge in [-0.2, -0.15) is 13.2 Å². The fraction of sp³-hybridized carbons (Fsp3) is 0.556. The maximum absolute atomic E-state index is 12.5. The van der Waals surface area contributed by atoms with Gasteiger partial charge in [0, 0.05) is 6.04 Å². The van der Waals surface area contributed by atoms with Crippen LogP contribution in [0.25, 0.3) is 0 Å². The molecule has 5 heteroatoms. The molecule has 80 valence electrons. The first-order valence-corrected chi connectivity index (χ1v) is 5.12. The second-order valence-electron chi connectivity index (χ2n) is 3.47. The average Bonchev–Trinajstić information content (AvgIpc) is 2.48. The third kappa shape index (κ3) is 2.27. The van der Waals surface area contributed by atoms with Crippen molar-refractivity contribution < 1.29 is 13.2 Å². The third-order valence-corrected chi connectivity index (χ3v) is 3.01. The molecule has 0 amide bonds. The van der Waals surface area contributed by atoms with Gasteiger partial charge in [0.15, 0.2) is 0 Å². The highest BCUT2D eigenvalue weighted by Crippen LogP contribution is 2.39. The minimum absolute atomic E-state index is 0.00528. The van der Waals surface area contributed by atoms with E-state index in [9.17, 15) is 13.2 Å². The molecule has 14 heavy (non-hydrogen) atoms. The van der Waals surface area contributed by atoms with Crippen LogP contribution < -0.4 is 5.73 Å². The van der Waals surface area contributed by atoms with E-state index in [-0.39, 0.29) is 11.5 Å². The van der Waals surface area contributed by atoms with Gasteiger partial charge in [0.1, 0.15) is 4.88 Å². The highest BCUT2D eigenvalue weighted by Gasteiger charge is 2.36. The van der Waals surface area contributed by atoms with Gasteiger partial charge in [-0.3, -0.25) is 0 Å². The Hall–Kier alpha value is -0.550. The molecule has 1 heterocycles. The van der Waals surface area contributed by atoms with Crippen LogP contribution in [0.2, 0.25) is 0 Å². The SMILES string of the molecule is CC(C)[C@H](N)c1ccsc1C(F)(F)F. The van der Waals surface area contributed by atoms with Crippen molar-refractivity contribution in [3.8, 4) is 0 Å². The number of nitrogens with two attached hydrogens (primary N) is 1. The van der Waals surface area contributed by atoms with Gasteiger partial charge >= 0.3 is 6.18 Å². The van der Waals surface area contributed by atoms with E-state index in [1.165, 1.54) is 11.4 Å². The van der Waals surface area contributed by atoms with Gasteiger partial charge in [0.25, 0.3) is 0 Å². The molecule has 2 N–H and O–H groups in total. The van der Waals surface area contributed by atoms with E-state index >= 15 is 0 Å². The molecule has 0 saturated heterocycles. The smallest absolute Gasteiger partial charge is 0.324 e. The Bertz CT molecular complexity index is 303. The van der Waals surface area contributed by atoms with E-state index in [1.54, 1.807) is 0 Å². The standard InChI is InChI=1S/C9H12F3NS/c1-5(2)7(13)6-3-4-14-8(6)9(10,11)12/h3-5,7H,13H2,1-2H3/t7-/m0/s1. The van der Waals surface area contributed by atoms with Crippen LogP contribution in [0.5, 0.6) is 0 Å². The van der Waals surface area contributed by atoms with Crippen molar-refractivity contribution in [2.24, 2.45) is 11.7 Å². The molecule has 1 nitrogen and oxygen atoms in total. The summed E-state index contributed by atoms with van der Waals surface area (Å²) in [6.45, 7) is 3.62. The van der Waals surface area contributed by atoms with Crippen molar-refractivity contribution in [3.05, 3.63) is 21.9 Å². The molecular weight excluding hydrogens is 211 g/mol. The van der Waals surface area contributed by atoms with Crippen LogP contribution >= 0.6 is 11.3 Å². The van der Waals surface area contributed by atoms with Crippen LogP contribution in [-0.2, 0) is 6.18 Å². The molecule has 0 aliphatic rings. The summed E-state index contributed by atoms with van der Waals surface area (Å²) in [6, 6.07) is 0.913. The Labute approximate surface area is 84.7 Å². The van der Waals surface area contributed by atoms with Crippen LogP contribution in [0.3, 0.4) is 0 Å². The van der Waals surface area contributed by atoms with Gasteiger partial charge in [-0.1, -0.05) is 13.8 Å². The van der Waals surface area contributed by atoms with Gasteiger partial charge in [-0.25, -0.2) is 0 Å². The maximum atomic E-state index is 12.5. The minimum Gasteiger partial charge on any atom is -0.324 e. The van der Waals surface area contributed by atoms with Crippen LogP contribution in [0.1, 0.15) is 30.3 Å². The van der Waals surface area contributed by atoms with Crippen LogP contribution in [-0.4, -0.2) is 0 Å². The average molecular weight is 223 g/mol. The molecular formula is C9H12F3NS. The van der Waals surface area contributed by atoms with Crippen molar-refractivity contribution in [2.75, 3.05) is 0 Å². The zero-order valence-electron chi connectivity index (χ0n) is 7.93. The van der Waals surface area contributed by atoms with Gasteiger partial charge in [0.05, 0.1) is 0 Å². The lowest BCUT2D eigenvalue weighted by molar-refractivity contribution is -0.135. The summed E-state index contributed by atoms with van der Waals surface area (Å²) in [4.78, 5) is -0.571. The van der Waals surface area contributed by atoms with E-state index in [0.29, 0.717) is 11.3 Å². The summed E-state index contributed by atoms with van der Waals surface area (Å²) in [5, 5.41) is 1.43. The van der Waals surface area contributed by atoms with Crippen LogP contribution in [0.4, 0.5) is 13.2 Å². The highest BCUT2D eigenvalue weighted by atomic mass is 32.1. The Morgan fingerprint density at radius 1 is 1.36 bits per heavy atom. The topological polar surface area (TPSA) is 26.0 Å². The van der Waals surface area contributed by atoms with Crippen molar-refractivity contribution in [1.82, 2.24) is 0 Å². The molecule has 1 aromatic heterocycles. The second kappa shape index (κ2) is 3.90. The Morgan fingerprint density at radius 3 is 2.36 bits per heavy atom. The first-order chi connectivity index (χ1) is 6.34. The predicted octanol–water partition coefficient (Wildman–Crippen LogP) is 3.42. The number of alkyl halides is 3. The lowest BCUT2D eigenvalue weighted by Crippen LogP contribution is -2.19. The summed E-state index contributed by atoms with van der Waals surface area (Å²) in [7, 11) is 0. The summed E-state index contributed by atoms with van der Waals surface area (Å²) in [5.74, 6) is 0.00528. The number of thiophene rings is 1. The highest BCUT2D eigenvalue weighted by molar-refractivity contribution is 7.10. The van der Waals surface area contributed by atoms with E-state index in [0.717, 1.165) is 0 Å². The number of halogens is 3. The normalized spacial score (nSPS) is 14.8. The molecule has 0 aliphatic heterocycles. The summed E-state index contributed by atoms with van der Waals surface area (Å²) in [5.41, 5.74) is 5.89. The quantitative estimate of drug-likeness (QED) is 0.816. The second-order valence-corrected chi connectivity index (χ2v) is 4.39. The number of hydrogen-bond acceptors (Lipinski definition) is 2. The fourth-order valence-electron chi connectivity index (χ4n) is 1.17. The third-order valence-electron chi connectivity index (χ3n) is 2.03. The summed E-state index contributed by atoms with van der Waals surface area (Å²) < 4.78 is 37.4. The Morgan fingerprint density at radius 2 is 1.93 bits per heavy atom. The molecule has 0 radical (unpaired) electrons. The fourth-order valence-corrected chi connectivity index (χ4v) is 2.00. The zero-order chi connectivity index (χ0) is 10.9. The van der Waals surface area contributed by atoms with E-state index < -0.39 is 17.1 Å². The Balaban J connectivity index is 3.05. The minimum atomic E-state index is -4.28. The lowest BCUT2D eigenvalue weighted by atomic mass is 9.97. The van der Waals surface area contributed by atoms with Crippen LogP contribution in [0, 0.1) is 5.92 Å². The van der Waals surface area contributed by atoms with Crippen molar-refractivity contribution in [3.63, 3.8) is 0 Å². The maximum Gasteiger partial charge on any atom is 0.425 e. The first-order valence-electron chi connectivity index (χ1n) is 4.24. The molecule has 0 unspecified atom stereocenters. The molecule has 0 fully saturated rings. The molecule has 0 spiro atoms. The largest absolute Gasteiger partial charge is 0.425 e. The monoisotopic (exact) mass is 223 g/mol. The lowest BCUT2D eigenvalue weighted by Gasteiger charge is -2.17. The molecule has 1 aromatic rings.